The molecule has 2 atom stereocenters. The molecule has 2 aliphatic rings. The molecule has 0 radical (unpaired) electrons. The van der Waals surface area contributed by atoms with Gasteiger partial charge in [0, 0.05) is 25.7 Å². The number of piperazine rings is 1. The minimum atomic E-state index is -0.620. The molecule has 2 aliphatic heterocycles. The molecule has 2 rings (SSSR count). The lowest BCUT2D eigenvalue weighted by molar-refractivity contribution is -0.148. The molecule has 0 aromatic rings. The number of ether oxygens (including phenoxy) is 1. The van der Waals surface area contributed by atoms with Crippen LogP contribution in [0.25, 0.3) is 0 Å². The number of nitrogens with one attached hydrogen (secondary N) is 1. The fraction of sp³-hybridized carbons (Fsp3) is 0.812. The van der Waals surface area contributed by atoms with E-state index in [1.165, 1.54) is 13.5 Å². The highest BCUT2D eigenvalue weighted by Gasteiger charge is 2.35. The molecule has 2 saturated heterocycles. The summed E-state index contributed by atoms with van der Waals surface area (Å²) in [7, 11) is 1.30. The first-order valence-electron chi connectivity index (χ1n) is 8.44. The standard InChI is InChI=1S/C16H27N3O4/c1-3-12-6-4-5-8-19(12)14(20)11-18-9-7-17-16(22)13(18)10-15(21)23-2/h12-13H,3-11H2,1-2H3,(H,17,22)/t12-,13+/m0/s1. The van der Waals surface area contributed by atoms with E-state index in [1.54, 1.807) is 4.90 Å². The van der Waals surface area contributed by atoms with Gasteiger partial charge in [0.1, 0.15) is 6.04 Å². The Morgan fingerprint density at radius 2 is 2.09 bits per heavy atom. The first-order chi connectivity index (χ1) is 11.1. The molecule has 0 aromatic carbocycles. The molecule has 2 fully saturated rings. The smallest absolute Gasteiger partial charge is 0.307 e. The van der Waals surface area contributed by atoms with Crippen molar-refractivity contribution < 1.29 is 19.1 Å². The lowest BCUT2D eigenvalue weighted by Crippen LogP contribution is -2.59. The number of carbonyl (C=O) groups is 3. The number of likely N-dealkylation sites (tertiary alicyclic amines) is 1. The fourth-order valence-electron chi connectivity index (χ4n) is 3.43. The SMILES string of the molecule is CC[C@H]1CCCCN1C(=O)CN1CCNC(=O)[C@H]1CC(=O)OC. The van der Waals surface area contributed by atoms with Gasteiger partial charge in [0.05, 0.1) is 20.1 Å². The van der Waals surface area contributed by atoms with Crippen molar-refractivity contribution >= 4 is 17.8 Å². The largest absolute Gasteiger partial charge is 0.469 e. The Hall–Kier alpha value is -1.63. The summed E-state index contributed by atoms with van der Waals surface area (Å²) >= 11 is 0. The highest BCUT2D eigenvalue weighted by atomic mass is 16.5. The quantitative estimate of drug-likeness (QED) is 0.728. The van der Waals surface area contributed by atoms with E-state index >= 15 is 0 Å². The van der Waals surface area contributed by atoms with Crippen molar-refractivity contribution in [1.82, 2.24) is 15.1 Å². The van der Waals surface area contributed by atoms with Gasteiger partial charge < -0.3 is 15.0 Å². The molecule has 1 N–H and O–H groups in total. The summed E-state index contributed by atoms with van der Waals surface area (Å²) < 4.78 is 4.66. The van der Waals surface area contributed by atoms with Crippen molar-refractivity contribution in [1.29, 1.82) is 0 Å². The maximum atomic E-state index is 12.7. The summed E-state index contributed by atoms with van der Waals surface area (Å²) in [6.07, 6.45) is 4.19. The van der Waals surface area contributed by atoms with Crippen LogP contribution in [0.5, 0.6) is 0 Å². The first-order valence-corrected chi connectivity index (χ1v) is 8.44. The lowest BCUT2D eigenvalue weighted by atomic mass is 9.99. The Balaban J connectivity index is 2.01. The van der Waals surface area contributed by atoms with Crippen molar-refractivity contribution in [2.24, 2.45) is 0 Å². The zero-order valence-electron chi connectivity index (χ0n) is 14.0. The van der Waals surface area contributed by atoms with Gasteiger partial charge in [-0.2, -0.15) is 0 Å². The molecule has 0 bridgehead atoms. The van der Waals surface area contributed by atoms with Gasteiger partial charge in [0.25, 0.3) is 0 Å². The summed E-state index contributed by atoms with van der Waals surface area (Å²) in [5.41, 5.74) is 0. The van der Waals surface area contributed by atoms with Gasteiger partial charge in [-0.1, -0.05) is 6.92 Å². The first kappa shape index (κ1) is 17.7. The molecule has 7 heteroatoms. The Bertz CT molecular complexity index is 455. The van der Waals surface area contributed by atoms with Crippen molar-refractivity contribution in [2.45, 2.75) is 51.1 Å². The summed E-state index contributed by atoms with van der Waals surface area (Å²) in [6, 6.07) is -0.320. The molecule has 0 spiro atoms. The van der Waals surface area contributed by atoms with Crippen LogP contribution in [0.15, 0.2) is 0 Å². The zero-order chi connectivity index (χ0) is 16.8. The molecule has 0 unspecified atom stereocenters. The van der Waals surface area contributed by atoms with E-state index in [9.17, 15) is 14.4 Å². The van der Waals surface area contributed by atoms with E-state index in [4.69, 9.17) is 0 Å². The number of piperidine rings is 1. The summed E-state index contributed by atoms with van der Waals surface area (Å²) in [5.74, 6) is -0.588. The Morgan fingerprint density at radius 3 is 2.78 bits per heavy atom. The second-order valence-corrected chi connectivity index (χ2v) is 6.20. The van der Waals surface area contributed by atoms with Gasteiger partial charge >= 0.3 is 5.97 Å². The molecular formula is C16H27N3O4. The molecule has 0 aliphatic carbocycles. The topological polar surface area (TPSA) is 79.0 Å². The van der Waals surface area contributed by atoms with Gasteiger partial charge in [-0.15, -0.1) is 0 Å². The van der Waals surface area contributed by atoms with Crippen LogP contribution in [0.1, 0.15) is 39.0 Å². The molecule has 2 amide bonds. The minimum absolute atomic E-state index is 0.0210. The van der Waals surface area contributed by atoms with E-state index in [1.807, 2.05) is 4.90 Å². The highest BCUT2D eigenvalue weighted by Crippen LogP contribution is 2.20. The molecule has 7 nitrogen and oxygen atoms in total. The number of rotatable bonds is 5. The number of methoxy groups -OCH3 is 1. The Labute approximate surface area is 137 Å². The van der Waals surface area contributed by atoms with Gasteiger partial charge in [0.2, 0.25) is 11.8 Å². The van der Waals surface area contributed by atoms with Crippen molar-refractivity contribution in [3.63, 3.8) is 0 Å². The number of hydrogen-bond donors (Lipinski definition) is 1. The van der Waals surface area contributed by atoms with E-state index in [-0.39, 0.29) is 24.8 Å². The van der Waals surface area contributed by atoms with Crippen molar-refractivity contribution in [3.8, 4) is 0 Å². The summed E-state index contributed by atoms with van der Waals surface area (Å²) in [5, 5.41) is 2.75. The van der Waals surface area contributed by atoms with E-state index in [0.29, 0.717) is 19.1 Å². The van der Waals surface area contributed by atoms with Crippen LogP contribution in [0.2, 0.25) is 0 Å². The summed E-state index contributed by atoms with van der Waals surface area (Å²) in [6.45, 7) is 4.15. The van der Waals surface area contributed by atoms with Gasteiger partial charge in [0.15, 0.2) is 0 Å². The van der Waals surface area contributed by atoms with Crippen LogP contribution in [0.4, 0.5) is 0 Å². The monoisotopic (exact) mass is 325 g/mol. The van der Waals surface area contributed by atoms with Crippen molar-refractivity contribution in [3.05, 3.63) is 0 Å². The van der Waals surface area contributed by atoms with E-state index in [0.717, 1.165) is 25.8 Å². The number of hydrogen-bond acceptors (Lipinski definition) is 5. The Morgan fingerprint density at radius 1 is 1.30 bits per heavy atom. The van der Waals surface area contributed by atoms with Gasteiger partial charge in [-0.3, -0.25) is 19.3 Å². The second-order valence-electron chi connectivity index (χ2n) is 6.20. The van der Waals surface area contributed by atoms with Gasteiger partial charge in [-0.25, -0.2) is 0 Å². The lowest BCUT2D eigenvalue weighted by Gasteiger charge is -2.39. The number of nitrogens with zero attached hydrogens (tertiary/aromatic N) is 2. The predicted molar refractivity (Wildman–Crippen MR) is 84.6 cm³/mol. The summed E-state index contributed by atoms with van der Waals surface area (Å²) in [4.78, 5) is 40.0. The van der Waals surface area contributed by atoms with Crippen LogP contribution in [-0.4, -0.2) is 73.0 Å². The molecular weight excluding hydrogens is 298 g/mol. The number of amides is 2. The third-order valence-corrected chi connectivity index (χ3v) is 4.79. The van der Waals surface area contributed by atoms with Crippen LogP contribution in [0.3, 0.4) is 0 Å². The van der Waals surface area contributed by atoms with Crippen LogP contribution < -0.4 is 5.32 Å². The third kappa shape index (κ3) is 4.43. The van der Waals surface area contributed by atoms with E-state index in [2.05, 4.69) is 17.0 Å². The zero-order valence-corrected chi connectivity index (χ0v) is 14.0. The molecule has 130 valence electrons. The predicted octanol–water partition coefficient (Wildman–Crippen LogP) is 0.141. The Kier molecular flexibility index (Phi) is 6.38. The maximum Gasteiger partial charge on any atom is 0.307 e. The molecule has 2 heterocycles. The van der Waals surface area contributed by atoms with Crippen LogP contribution >= 0.6 is 0 Å². The fourth-order valence-corrected chi connectivity index (χ4v) is 3.43. The average Bonchev–Trinajstić information content (AvgIpc) is 2.57. The number of carbonyl (C=O) groups excluding carboxylic acids is 3. The van der Waals surface area contributed by atoms with E-state index < -0.39 is 12.0 Å². The molecule has 0 aromatic heterocycles. The minimum Gasteiger partial charge on any atom is -0.469 e. The van der Waals surface area contributed by atoms with Crippen LogP contribution in [0, 0.1) is 0 Å². The number of esters is 1. The normalized spacial score (nSPS) is 25.8. The highest BCUT2D eigenvalue weighted by molar-refractivity contribution is 5.88. The third-order valence-electron chi connectivity index (χ3n) is 4.79. The van der Waals surface area contributed by atoms with Gasteiger partial charge in [-0.05, 0) is 25.7 Å². The maximum absolute atomic E-state index is 12.7. The average molecular weight is 325 g/mol. The molecule has 0 saturated carbocycles. The van der Waals surface area contributed by atoms with Crippen molar-refractivity contribution in [2.75, 3.05) is 33.3 Å². The van der Waals surface area contributed by atoms with Crippen LogP contribution in [-0.2, 0) is 19.1 Å². The second kappa shape index (κ2) is 8.29. The molecule has 23 heavy (non-hydrogen) atoms.